The van der Waals surface area contributed by atoms with Crippen LogP contribution in [0.3, 0.4) is 0 Å². The molecule has 4 amide bonds. The highest BCUT2D eigenvalue weighted by Crippen LogP contribution is 2.23. The van der Waals surface area contributed by atoms with E-state index >= 15 is 0 Å². The van der Waals surface area contributed by atoms with Gasteiger partial charge in [-0.3, -0.25) is 14.5 Å². The van der Waals surface area contributed by atoms with Crippen LogP contribution in [0, 0.1) is 5.92 Å². The molecule has 28 heavy (non-hydrogen) atoms. The van der Waals surface area contributed by atoms with E-state index < -0.39 is 11.9 Å². The molecule has 148 valence electrons. The molecule has 1 fully saturated rings. The average Bonchev–Trinajstić information content (AvgIpc) is 3.15. The second kappa shape index (κ2) is 8.87. The zero-order valence-corrected chi connectivity index (χ0v) is 16.4. The molecular formula is C18H21N5O4S. The molecule has 0 radical (unpaired) electrons. The number of thioether (sulfide) groups is 1. The monoisotopic (exact) mass is 403 g/mol. The van der Waals surface area contributed by atoms with Gasteiger partial charge in [0.1, 0.15) is 0 Å². The summed E-state index contributed by atoms with van der Waals surface area (Å²) >= 11 is 1.12. The number of hydrogen-bond acceptors (Lipinski definition) is 7. The lowest BCUT2D eigenvalue weighted by Gasteiger charge is -2.35. The van der Waals surface area contributed by atoms with Crippen molar-refractivity contribution in [2.75, 3.05) is 12.8 Å². The minimum absolute atomic E-state index is 0.153. The Morgan fingerprint density at radius 2 is 2.04 bits per heavy atom. The Labute approximate surface area is 166 Å². The molecule has 3 rings (SSSR count). The van der Waals surface area contributed by atoms with Crippen molar-refractivity contribution in [2.24, 2.45) is 5.92 Å². The molecule has 1 aliphatic heterocycles. The molecule has 0 spiro atoms. The fourth-order valence-electron chi connectivity index (χ4n) is 2.83. The molecule has 1 aliphatic rings. The maximum atomic E-state index is 12.9. The highest BCUT2D eigenvalue weighted by atomic mass is 32.2. The maximum Gasteiger partial charge on any atom is 0.324 e. The molecule has 2 atom stereocenters. The van der Waals surface area contributed by atoms with Gasteiger partial charge in [-0.25, -0.2) is 4.79 Å². The number of amides is 4. The van der Waals surface area contributed by atoms with Gasteiger partial charge in [0, 0.05) is 19.5 Å². The van der Waals surface area contributed by atoms with E-state index in [1.54, 1.807) is 14.0 Å². The summed E-state index contributed by atoms with van der Waals surface area (Å²) in [7, 11) is 1.55. The van der Waals surface area contributed by atoms with E-state index in [0.717, 1.165) is 17.3 Å². The summed E-state index contributed by atoms with van der Waals surface area (Å²) in [5.41, 5.74) is 0.866. The van der Waals surface area contributed by atoms with Gasteiger partial charge >= 0.3 is 6.03 Å². The van der Waals surface area contributed by atoms with Crippen LogP contribution in [0.5, 0.6) is 0 Å². The zero-order valence-electron chi connectivity index (χ0n) is 15.5. The summed E-state index contributed by atoms with van der Waals surface area (Å²) in [5, 5.41) is 13.4. The van der Waals surface area contributed by atoms with E-state index in [2.05, 4.69) is 20.8 Å². The van der Waals surface area contributed by atoms with Crippen molar-refractivity contribution in [3.63, 3.8) is 0 Å². The third kappa shape index (κ3) is 4.69. The third-order valence-corrected chi connectivity index (χ3v) is 5.23. The van der Waals surface area contributed by atoms with Crippen LogP contribution in [0.4, 0.5) is 4.79 Å². The van der Waals surface area contributed by atoms with Crippen molar-refractivity contribution in [1.29, 1.82) is 0 Å². The highest BCUT2D eigenvalue weighted by Gasteiger charge is 2.39. The highest BCUT2D eigenvalue weighted by molar-refractivity contribution is 7.99. The van der Waals surface area contributed by atoms with Crippen molar-refractivity contribution >= 4 is 29.6 Å². The number of aromatic nitrogens is 2. The summed E-state index contributed by atoms with van der Waals surface area (Å²) in [6.45, 7) is 1.98. The molecule has 0 bridgehead atoms. The van der Waals surface area contributed by atoms with Crippen LogP contribution in [-0.4, -0.2) is 51.8 Å². The summed E-state index contributed by atoms with van der Waals surface area (Å²) in [5.74, 6) is -0.491. The van der Waals surface area contributed by atoms with Crippen molar-refractivity contribution in [1.82, 2.24) is 25.7 Å². The van der Waals surface area contributed by atoms with E-state index in [4.69, 9.17) is 4.42 Å². The van der Waals surface area contributed by atoms with Crippen molar-refractivity contribution in [2.45, 2.75) is 31.2 Å². The summed E-state index contributed by atoms with van der Waals surface area (Å²) in [6.07, 6.45) is 0.207. The number of nitrogens with zero attached hydrogens (tertiary/aromatic N) is 3. The average molecular weight is 403 g/mol. The van der Waals surface area contributed by atoms with Crippen LogP contribution in [0.1, 0.15) is 18.4 Å². The van der Waals surface area contributed by atoms with Gasteiger partial charge in [-0.05, 0) is 12.5 Å². The SMILES string of the molecule is CNC(=O)CSc1nnc(CC2C(=O)N(Cc3ccccc3)C(=O)NC2C)o1. The Morgan fingerprint density at radius 3 is 2.75 bits per heavy atom. The summed E-state index contributed by atoms with van der Waals surface area (Å²) < 4.78 is 5.54. The van der Waals surface area contributed by atoms with Gasteiger partial charge < -0.3 is 15.1 Å². The second-order valence-electron chi connectivity index (χ2n) is 6.38. The van der Waals surface area contributed by atoms with Crippen LogP contribution in [-0.2, 0) is 22.6 Å². The number of carbonyl (C=O) groups excluding carboxylic acids is 3. The van der Waals surface area contributed by atoms with Crippen molar-refractivity contribution < 1.29 is 18.8 Å². The number of carbonyl (C=O) groups is 3. The zero-order chi connectivity index (χ0) is 20.1. The Morgan fingerprint density at radius 1 is 1.29 bits per heavy atom. The molecule has 2 aromatic rings. The summed E-state index contributed by atoms with van der Waals surface area (Å²) in [6, 6.07) is 8.55. The first-order valence-electron chi connectivity index (χ1n) is 8.79. The smallest absolute Gasteiger partial charge is 0.324 e. The maximum absolute atomic E-state index is 12.9. The third-order valence-electron chi connectivity index (χ3n) is 4.42. The van der Waals surface area contributed by atoms with Crippen LogP contribution >= 0.6 is 11.8 Å². The second-order valence-corrected chi connectivity index (χ2v) is 7.31. The number of rotatable bonds is 7. The lowest BCUT2D eigenvalue weighted by Crippen LogP contribution is -2.59. The molecular weight excluding hydrogens is 382 g/mol. The lowest BCUT2D eigenvalue weighted by molar-refractivity contribution is -0.135. The standard InChI is InChI=1S/C18H21N5O4S/c1-11-13(8-15-21-22-18(27-15)28-10-14(24)19-2)16(25)23(17(26)20-11)9-12-6-4-3-5-7-12/h3-7,11,13H,8-10H2,1-2H3,(H,19,24)(H,20,26). The van der Waals surface area contributed by atoms with Crippen LogP contribution in [0.25, 0.3) is 0 Å². The largest absolute Gasteiger partial charge is 0.416 e. The number of imide groups is 1. The Balaban J connectivity index is 1.67. The molecule has 1 aromatic heterocycles. The normalized spacial score (nSPS) is 19.4. The first-order valence-corrected chi connectivity index (χ1v) is 9.78. The van der Waals surface area contributed by atoms with E-state index in [1.807, 2.05) is 30.3 Å². The van der Waals surface area contributed by atoms with Crippen molar-refractivity contribution in [3.05, 3.63) is 41.8 Å². The predicted octanol–water partition coefficient (Wildman–Crippen LogP) is 1.21. The number of urea groups is 1. The topological polar surface area (TPSA) is 117 Å². The van der Waals surface area contributed by atoms with E-state index in [0.29, 0.717) is 5.89 Å². The van der Waals surface area contributed by atoms with Crippen molar-refractivity contribution in [3.8, 4) is 0 Å². The quantitative estimate of drug-likeness (QED) is 0.667. The van der Waals surface area contributed by atoms with Gasteiger partial charge in [0.15, 0.2) is 0 Å². The van der Waals surface area contributed by atoms with Gasteiger partial charge in [0.05, 0.1) is 18.2 Å². The predicted molar refractivity (Wildman–Crippen MR) is 101 cm³/mol. The minimum atomic E-state index is -0.515. The lowest BCUT2D eigenvalue weighted by atomic mass is 9.93. The Bertz CT molecular complexity index is 857. The molecule has 1 saturated heterocycles. The van der Waals surface area contributed by atoms with Gasteiger partial charge in [-0.2, -0.15) is 0 Å². The molecule has 0 aliphatic carbocycles. The number of benzene rings is 1. The molecule has 2 heterocycles. The molecule has 10 heteroatoms. The fraction of sp³-hybridized carbons (Fsp3) is 0.389. The van der Waals surface area contributed by atoms with Gasteiger partial charge in [-0.1, -0.05) is 42.1 Å². The Hall–Kier alpha value is -2.88. The first kappa shape index (κ1) is 19.9. The molecule has 0 saturated carbocycles. The Kier molecular flexibility index (Phi) is 6.30. The van der Waals surface area contributed by atoms with Crippen LogP contribution < -0.4 is 10.6 Å². The van der Waals surface area contributed by atoms with Gasteiger partial charge in [0.25, 0.3) is 5.22 Å². The van der Waals surface area contributed by atoms with E-state index in [9.17, 15) is 14.4 Å². The molecule has 2 unspecified atom stereocenters. The van der Waals surface area contributed by atoms with E-state index in [1.165, 1.54) is 4.90 Å². The van der Waals surface area contributed by atoms with E-state index in [-0.39, 0.29) is 41.8 Å². The van der Waals surface area contributed by atoms with Gasteiger partial charge in [0.2, 0.25) is 17.7 Å². The summed E-state index contributed by atoms with van der Waals surface area (Å²) in [4.78, 5) is 37.7. The first-order chi connectivity index (χ1) is 13.5. The molecule has 9 nitrogen and oxygen atoms in total. The number of hydrogen-bond donors (Lipinski definition) is 2. The number of nitrogens with one attached hydrogen (secondary N) is 2. The van der Waals surface area contributed by atoms with Crippen LogP contribution in [0.2, 0.25) is 0 Å². The molecule has 1 aromatic carbocycles. The van der Waals surface area contributed by atoms with Gasteiger partial charge in [-0.15, -0.1) is 10.2 Å². The molecule has 2 N–H and O–H groups in total. The fourth-order valence-corrected chi connectivity index (χ4v) is 3.49. The van der Waals surface area contributed by atoms with Crippen LogP contribution in [0.15, 0.2) is 40.0 Å². The minimum Gasteiger partial charge on any atom is -0.416 e.